The molecule has 3 amide bonds. The van der Waals surface area contributed by atoms with Crippen LogP contribution in [0.3, 0.4) is 0 Å². The summed E-state index contributed by atoms with van der Waals surface area (Å²) < 4.78 is 6.49. The van der Waals surface area contributed by atoms with E-state index in [-0.39, 0.29) is 36.5 Å². The molecule has 35 heavy (non-hydrogen) atoms. The molecule has 3 N–H and O–H groups in total. The molecule has 2 bridgehead atoms. The monoisotopic (exact) mass is 483 g/mol. The molecule has 6 atom stereocenters. The number of fused-ring (bicyclic) bond motifs is 1. The highest BCUT2D eigenvalue weighted by Gasteiger charge is 2.75. The minimum atomic E-state index is -1.04. The first-order valence-electron chi connectivity index (χ1n) is 13.3. The molecule has 190 valence electrons. The van der Waals surface area contributed by atoms with Gasteiger partial charge in [-0.25, -0.2) is 0 Å². The molecule has 1 saturated carbocycles. The average Bonchev–Trinajstić information content (AvgIpc) is 3.52. The molecule has 4 fully saturated rings. The van der Waals surface area contributed by atoms with Crippen LogP contribution >= 0.6 is 0 Å². The summed E-state index contributed by atoms with van der Waals surface area (Å²) in [5.74, 6) is -2.01. The highest BCUT2D eigenvalue weighted by atomic mass is 16.5. The number of amides is 3. The Morgan fingerprint density at radius 3 is 2.57 bits per heavy atom. The summed E-state index contributed by atoms with van der Waals surface area (Å²) >= 11 is 0. The molecule has 1 aliphatic carbocycles. The number of benzene rings is 1. The van der Waals surface area contributed by atoms with Gasteiger partial charge in [0.15, 0.2) is 0 Å². The molecule has 1 spiro atoms. The number of carbonyl (C=O) groups excluding carboxylic acids is 3. The average molecular weight is 484 g/mol. The third kappa shape index (κ3) is 4.04. The second-order valence-electron chi connectivity index (χ2n) is 10.5. The lowest BCUT2D eigenvalue weighted by Gasteiger charge is -2.38. The lowest BCUT2D eigenvalue weighted by molar-refractivity contribution is -0.146. The summed E-state index contributed by atoms with van der Waals surface area (Å²) in [5.41, 5.74) is -0.284. The zero-order chi connectivity index (χ0) is 24.6. The van der Waals surface area contributed by atoms with Crippen molar-refractivity contribution in [2.75, 3.05) is 13.2 Å². The topological polar surface area (TPSA) is 108 Å². The standard InChI is InChI=1S/C27H37N3O5/c1-2-15-28-24(32)21-20-13-14-27(35-20)22(21)26(34)30(19(16-31)17-9-5-3-6-10-17)23(27)25(33)29-18-11-7-4-8-12-18/h3,5-6,9-10,18-23,31H,2,4,7-8,11-16H2,1H3,(H,28,32)(H,29,33)/t19-,20-,21+,22+,23?,27?/m1/s1. The Labute approximate surface area is 206 Å². The molecular formula is C27H37N3O5. The number of nitrogens with one attached hydrogen (secondary N) is 2. The van der Waals surface area contributed by atoms with Gasteiger partial charge in [-0.2, -0.15) is 0 Å². The minimum absolute atomic E-state index is 0.0789. The van der Waals surface area contributed by atoms with Crippen LogP contribution < -0.4 is 10.6 Å². The largest absolute Gasteiger partial charge is 0.394 e. The number of aliphatic hydroxyl groups excluding tert-OH is 1. The van der Waals surface area contributed by atoms with Crippen LogP contribution in [0.25, 0.3) is 0 Å². The summed E-state index contributed by atoms with van der Waals surface area (Å²) in [6.07, 6.45) is 6.81. The first-order chi connectivity index (χ1) is 17.0. The molecule has 0 radical (unpaired) electrons. The second-order valence-corrected chi connectivity index (χ2v) is 10.5. The zero-order valence-electron chi connectivity index (χ0n) is 20.4. The fraction of sp³-hybridized carbons (Fsp3) is 0.667. The van der Waals surface area contributed by atoms with Crippen LogP contribution in [0.4, 0.5) is 0 Å². The maximum Gasteiger partial charge on any atom is 0.246 e. The molecule has 5 rings (SSSR count). The molecule has 8 nitrogen and oxygen atoms in total. The molecule has 1 aromatic rings. The van der Waals surface area contributed by atoms with Crippen molar-refractivity contribution in [1.82, 2.24) is 15.5 Å². The van der Waals surface area contributed by atoms with Crippen molar-refractivity contribution in [2.45, 2.75) is 88.1 Å². The minimum Gasteiger partial charge on any atom is -0.394 e. The first-order valence-corrected chi connectivity index (χ1v) is 13.3. The van der Waals surface area contributed by atoms with E-state index in [1.165, 1.54) is 6.42 Å². The van der Waals surface area contributed by atoms with Gasteiger partial charge in [-0.1, -0.05) is 56.5 Å². The van der Waals surface area contributed by atoms with Gasteiger partial charge < -0.3 is 25.4 Å². The first kappa shape index (κ1) is 24.3. The highest BCUT2D eigenvalue weighted by Crippen LogP contribution is 2.59. The normalized spacial score (nSPS) is 33.0. The van der Waals surface area contributed by atoms with Crippen LogP contribution in [0, 0.1) is 11.8 Å². The van der Waals surface area contributed by atoms with E-state index in [1.54, 1.807) is 4.90 Å². The summed E-state index contributed by atoms with van der Waals surface area (Å²) in [7, 11) is 0. The summed E-state index contributed by atoms with van der Waals surface area (Å²) in [5, 5.41) is 16.6. The number of likely N-dealkylation sites (tertiary alicyclic amines) is 1. The molecule has 8 heteroatoms. The van der Waals surface area contributed by atoms with E-state index in [1.807, 2.05) is 37.3 Å². The molecule has 3 saturated heterocycles. The van der Waals surface area contributed by atoms with Gasteiger partial charge in [0.2, 0.25) is 17.7 Å². The fourth-order valence-electron chi connectivity index (χ4n) is 6.95. The molecule has 2 unspecified atom stereocenters. The molecule has 4 aliphatic rings. The van der Waals surface area contributed by atoms with Gasteiger partial charge in [0.25, 0.3) is 0 Å². The van der Waals surface area contributed by atoms with Gasteiger partial charge >= 0.3 is 0 Å². The van der Waals surface area contributed by atoms with Crippen LogP contribution in [-0.4, -0.2) is 64.7 Å². The van der Waals surface area contributed by atoms with E-state index in [4.69, 9.17) is 4.74 Å². The Kier molecular flexibility index (Phi) is 6.86. The van der Waals surface area contributed by atoms with Gasteiger partial charge in [0.1, 0.15) is 11.6 Å². The van der Waals surface area contributed by atoms with Crippen molar-refractivity contribution >= 4 is 17.7 Å². The number of aliphatic hydroxyl groups is 1. The van der Waals surface area contributed by atoms with Crippen molar-refractivity contribution < 1.29 is 24.2 Å². The third-order valence-corrected chi connectivity index (χ3v) is 8.48. The summed E-state index contributed by atoms with van der Waals surface area (Å²) in [4.78, 5) is 42.8. The van der Waals surface area contributed by atoms with E-state index in [9.17, 15) is 19.5 Å². The number of hydrogen-bond acceptors (Lipinski definition) is 5. The third-order valence-electron chi connectivity index (χ3n) is 8.48. The highest BCUT2D eigenvalue weighted by molar-refractivity contribution is 5.99. The molecule has 3 heterocycles. The maximum absolute atomic E-state index is 14.1. The number of rotatable bonds is 8. The number of hydrogen-bond donors (Lipinski definition) is 3. The molecule has 0 aromatic heterocycles. The van der Waals surface area contributed by atoms with Crippen molar-refractivity contribution in [3.05, 3.63) is 35.9 Å². The van der Waals surface area contributed by atoms with Gasteiger partial charge in [-0.3, -0.25) is 14.4 Å². The second kappa shape index (κ2) is 9.90. The van der Waals surface area contributed by atoms with Crippen LogP contribution in [0.5, 0.6) is 0 Å². The van der Waals surface area contributed by atoms with Crippen molar-refractivity contribution in [2.24, 2.45) is 11.8 Å². The van der Waals surface area contributed by atoms with E-state index in [0.717, 1.165) is 37.7 Å². The number of nitrogens with zero attached hydrogens (tertiary/aromatic N) is 1. The summed E-state index contributed by atoms with van der Waals surface area (Å²) in [6.45, 7) is 2.20. The Bertz CT molecular complexity index is 949. The van der Waals surface area contributed by atoms with Crippen molar-refractivity contribution in [3.8, 4) is 0 Å². The SMILES string of the molecule is CCCNC(=O)[C@@H]1[C@H]2C(=O)N([C@H](CO)c3ccccc3)C(C(=O)NC3CCCCC3)C23CC[C@H]1O3. The lowest BCUT2D eigenvalue weighted by atomic mass is 9.70. The molecular weight excluding hydrogens is 446 g/mol. The number of ether oxygens (including phenoxy) is 1. The fourth-order valence-corrected chi connectivity index (χ4v) is 6.95. The molecule has 3 aliphatic heterocycles. The quantitative estimate of drug-likeness (QED) is 0.525. The van der Waals surface area contributed by atoms with Crippen LogP contribution in [0.2, 0.25) is 0 Å². The van der Waals surface area contributed by atoms with Crippen LogP contribution in [0.15, 0.2) is 30.3 Å². The van der Waals surface area contributed by atoms with Gasteiger partial charge in [0, 0.05) is 12.6 Å². The summed E-state index contributed by atoms with van der Waals surface area (Å²) in [6, 6.07) is 7.83. The van der Waals surface area contributed by atoms with Gasteiger partial charge in [0.05, 0.1) is 30.6 Å². The Balaban J connectivity index is 1.52. The van der Waals surface area contributed by atoms with E-state index < -0.39 is 29.5 Å². The van der Waals surface area contributed by atoms with Gasteiger partial charge in [-0.15, -0.1) is 0 Å². The Morgan fingerprint density at radius 2 is 1.89 bits per heavy atom. The van der Waals surface area contributed by atoms with E-state index in [0.29, 0.717) is 19.4 Å². The molecule has 1 aromatic carbocycles. The Hall–Kier alpha value is -2.45. The predicted molar refractivity (Wildman–Crippen MR) is 129 cm³/mol. The number of carbonyl (C=O) groups is 3. The predicted octanol–water partition coefficient (Wildman–Crippen LogP) is 2.07. The van der Waals surface area contributed by atoms with Crippen LogP contribution in [-0.2, 0) is 19.1 Å². The van der Waals surface area contributed by atoms with E-state index in [2.05, 4.69) is 10.6 Å². The van der Waals surface area contributed by atoms with E-state index >= 15 is 0 Å². The lowest BCUT2D eigenvalue weighted by Crippen LogP contribution is -2.57. The van der Waals surface area contributed by atoms with Crippen molar-refractivity contribution in [3.63, 3.8) is 0 Å². The smallest absolute Gasteiger partial charge is 0.246 e. The van der Waals surface area contributed by atoms with Gasteiger partial charge in [-0.05, 0) is 37.7 Å². The Morgan fingerprint density at radius 1 is 1.14 bits per heavy atom. The maximum atomic E-state index is 14.1. The van der Waals surface area contributed by atoms with Crippen molar-refractivity contribution in [1.29, 1.82) is 0 Å². The van der Waals surface area contributed by atoms with Crippen LogP contribution in [0.1, 0.15) is 69.9 Å². The zero-order valence-corrected chi connectivity index (χ0v) is 20.4.